The molecule has 0 aliphatic carbocycles. The molecule has 0 saturated carbocycles. The molecule has 3 N–H and O–H groups in total. The fourth-order valence-electron chi connectivity index (χ4n) is 1.66. The molecule has 4 nitrogen and oxygen atoms in total. The molecule has 0 spiro atoms. The predicted octanol–water partition coefficient (Wildman–Crippen LogP) is 0.574. The summed E-state index contributed by atoms with van der Waals surface area (Å²) in [6, 6.07) is -0.507. The molecule has 1 amide bonds. The lowest BCUT2D eigenvalue weighted by molar-refractivity contribution is -0.124. The third kappa shape index (κ3) is 2.79. The summed E-state index contributed by atoms with van der Waals surface area (Å²) < 4.78 is 5.43. The molecule has 4 heteroatoms. The van der Waals surface area contributed by atoms with E-state index in [-0.39, 0.29) is 17.6 Å². The van der Waals surface area contributed by atoms with Gasteiger partial charge in [0.15, 0.2) is 0 Å². The second-order valence-electron chi connectivity index (χ2n) is 4.30. The van der Waals surface area contributed by atoms with Crippen molar-refractivity contribution in [2.24, 2.45) is 5.73 Å². The van der Waals surface area contributed by atoms with E-state index in [0.29, 0.717) is 13.0 Å². The standard InChI is InChI=1S/C11H20N2O2/c1-4-5-9(12)10(14)13-11(3)6-7-15-8(11)2/h4,8-9H,1,5-7,12H2,2-3H3,(H,13,14). The Labute approximate surface area is 90.9 Å². The van der Waals surface area contributed by atoms with Crippen LogP contribution in [0, 0.1) is 0 Å². The Balaban J connectivity index is 2.53. The first-order valence-electron chi connectivity index (χ1n) is 5.29. The molecule has 0 radical (unpaired) electrons. The largest absolute Gasteiger partial charge is 0.376 e. The maximum Gasteiger partial charge on any atom is 0.237 e. The molecule has 3 atom stereocenters. The lowest BCUT2D eigenvalue weighted by Crippen LogP contribution is -2.55. The maximum atomic E-state index is 11.7. The fraction of sp³-hybridized carbons (Fsp3) is 0.727. The van der Waals surface area contributed by atoms with Crippen LogP contribution in [-0.4, -0.2) is 30.2 Å². The van der Waals surface area contributed by atoms with E-state index in [9.17, 15) is 4.79 Å². The van der Waals surface area contributed by atoms with Gasteiger partial charge in [-0.2, -0.15) is 0 Å². The Hall–Kier alpha value is -0.870. The van der Waals surface area contributed by atoms with Crippen molar-refractivity contribution in [3.63, 3.8) is 0 Å². The normalized spacial score (nSPS) is 32.3. The average Bonchev–Trinajstić information content (AvgIpc) is 2.47. The second kappa shape index (κ2) is 4.77. The van der Waals surface area contributed by atoms with Gasteiger partial charge in [-0.25, -0.2) is 0 Å². The topological polar surface area (TPSA) is 64.4 Å². The van der Waals surface area contributed by atoms with E-state index in [1.165, 1.54) is 0 Å². The van der Waals surface area contributed by atoms with Gasteiger partial charge in [-0.05, 0) is 26.7 Å². The van der Waals surface area contributed by atoms with Crippen LogP contribution < -0.4 is 11.1 Å². The minimum absolute atomic E-state index is 0.0392. The number of carbonyl (C=O) groups is 1. The molecular weight excluding hydrogens is 192 g/mol. The minimum atomic E-state index is -0.507. The van der Waals surface area contributed by atoms with E-state index in [4.69, 9.17) is 10.5 Å². The first kappa shape index (κ1) is 12.2. The number of hydrogen-bond donors (Lipinski definition) is 2. The summed E-state index contributed by atoms with van der Waals surface area (Å²) in [5, 5.41) is 2.95. The maximum absolute atomic E-state index is 11.7. The summed E-state index contributed by atoms with van der Waals surface area (Å²) >= 11 is 0. The van der Waals surface area contributed by atoms with Crippen molar-refractivity contribution >= 4 is 5.91 Å². The smallest absolute Gasteiger partial charge is 0.237 e. The zero-order valence-corrected chi connectivity index (χ0v) is 9.45. The van der Waals surface area contributed by atoms with Crippen LogP contribution in [0.25, 0.3) is 0 Å². The highest BCUT2D eigenvalue weighted by Gasteiger charge is 2.38. The molecule has 1 heterocycles. The molecule has 1 rings (SSSR count). The summed E-state index contributed by atoms with van der Waals surface area (Å²) in [4.78, 5) is 11.7. The Bertz CT molecular complexity index is 255. The van der Waals surface area contributed by atoms with Crippen molar-refractivity contribution in [1.82, 2.24) is 5.32 Å². The lowest BCUT2D eigenvalue weighted by Gasteiger charge is -2.30. The van der Waals surface area contributed by atoms with Crippen molar-refractivity contribution in [3.8, 4) is 0 Å². The Morgan fingerprint density at radius 3 is 3.00 bits per heavy atom. The number of nitrogens with two attached hydrogens (primary N) is 1. The summed E-state index contributed by atoms with van der Waals surface area (Å²) in [7, 11) is 0. The highest BCUT2D eigenvalue weighted by atomic mass is 16.5. The van der Waals surface area contributed by atoms with Crippen LogP contribution in [0.1, 0.15) is 26.7 Å². The molecule has 0 aromatic carbocycles. The summed E-state index contributed by atoms with van der Waals surface area (Å²) in [5.74, 6) is -0.130. The van der Waals surface area contributed by atoms with Gasteiger partial charge in [0.1, 0.15) is 0 Å². The number of carbonyl (C=O) groups excluding carboxylic acids is 1. The quantitative estimate of drug-likeness (QED) is 0.670. The van der Waals surface area contributed by atoms with Gasteiger partial charge in [0, 0.05) is 6.61 Å². The van der Waals surface area contributed by atoms with E-state index >= 15 is 0 Å². The van der Waals surface area contributed by atoms with Gasteiger partial charge in [-0.15, -0.1) is 6.58 Å². The van der Waals surface area contributed by atoms with Crippen LogP contribution in [0.2, 0.25) is 0 Å². The van der Waals surface area contributed by atoms with Gasteiger partial charge >= 0.3 is 0 Å². The molecule has 1 aliphatic heterocycles. The first-order chi connectivity index (χ1) is 6.99. The number of amides is 1. The number of ether oxygens (including phenoxy) is 1. The zero-order chi connectivity index (χ0) is 11.5. The van der Waals surface area contributed by atoms with E-state index in [1.807, 2.05) is 13.8 Å². The van der Waals surface area contributed by atoms with Crippen molar-refractivity contribution in [3.05, 3.63) is 12.7 Å². The molecule has 0 aromatic heterocycles. The predicted molar refractivity (Wildman–Crippen MR) is 59.4 cm³/mol. The number of rotatable bonds is 4. The van der Waals surface area contributed by atoms with Gasteiger partial charge < -0.3 is 15.8 Å². The Morgan fingerprint density at radius 1 is 1.87 bits per heavy atom. The van der Waals surface area contributed by atoms with E-state index < -0.39 is 6.04 Å². The minimum Gasteiger partial charge on any atom is -0.376 e. The van der Waals surface area contributed by atoms with Crippen LogP contribution in [0.3, 0.4) is 0 Å². The van der Waals surface area contributed by atoms with Crippen LogP contribution in [0.15, 0.2) is 12.7 Å². The van der Waals surface area contributed by atoms with E-state index in [0.717, 1.165) is 6.42 Å². The van der Waals surface area contributed by atoms with Gasteiger partial charge in [0.05, 0.1) is 17.7 Å². The third-order valence-electron chi connectivity index (χ3n) is 3.05. The van der Waals surface area contributed by atoms with Gasteiger partial charge in [0.25, 0.3) is 0 Å². The summed E-state index contributed by atoms with van der Waals surface area (Å²) in [6.45, 7) is 8.21. The van der Waals surface area contributed by atoms with Crippen molar-refractivity contribution in [2.75, 3.05) is 6.61 Å². The molecule has 1 saturated heterocycles. The molecule has 0 aromatic rings. The molecule has 3 unspecified atom stereocenters. The Kier molecular flexibility index (Phi) is 3.88. The van der Waals surface area contributed by atoms with E-state index in [2.05, 4.69) is 11.9 Å². The lowest BCUT2D eigenvalue weighted by atomic mass is 9.94. The highest BCUT2D eigenvalue weighted by molar-refractivity contribution is 5.82. The zero-order valence-electron chi connectivity index (χ0n) is 9.45. The average molecular weight is 212 g/mol. The molecular formula is C11H20N2O2. The van der Waals surface area contributed by atoms with Crippen LogP contribution >= 0.6 is 0 Å². The molecule has 1 fully saturated rings. The number of nitrogens with one attached hydrogen (secondary N) is 1. The summed E-state index contributed by atoms with van der Waals surface area (Å²) in [6.07, 6.45) is 3.02. The van der Waals surface area contributed by atoms with E-state index in [1.54, 1.807) is 6.08 Å². The van der Waals surface area contributed by atoms with Crippen LogP contribution in [-0.2, 0) is 9.53 Å². The number of hydrogen-bond acceptors (Lipinski definition) is 3. The first-order valence-corrected chi connectivity index (χ1v) is 5.29. The van der Waals surface area contributed by atoms with Crippen molar-refractivity contribution in [1.29, 1.82) is 0 Å². The fourth-order valence-corrected chi connectivity index (χ4v) is 1.66. The van der Waals surface area contributed by atoms with Gasteiger partial charge in [0.2, 0.25) is 5.91 Å². The molecule has 15 heavy (non-hydrogen) atoms. The highest BCUT2D eigenvalue weighted by Crippen LogP contribution is 2.25. The van der Waals surface area contributed by atoms with Crippen LogP contribution in [0.4, 0.5) is 0 Å². The van der Waals surface area contributed by atoms with Gasteiger partial charge in [-0.3, -0.25) is 4.79 Å². The summed E-state index contributed by atoms with van der Waals surface area (Å²) in [5.41, 5.74) is 5.40. The van der Waals surface area contributed by atoms with Gasteiger partial charge in [-0.1, -0.05) is 6.08 Å². The van der Waals surface area contributed by atoms with Crippen LogP contribution in [0.5, 0.6) is 0 Å². The van der Waals surface area contributed by atoms with Crippen molar-refractivity contribution < 1.29 is 9.53 Å². The van der Waals surface area contributed by atoms with Crippen molar-refractivity contribution in [2.45, 2.75) is 44.4 Å². The third-order valence-corrected chi connectivity index (χ3v) is 3.05. The molecule has 1 aliphatic rings. The molecule has 0 bridgehead atoms. The molecule has 86 valence electrons. The monoisotopic (exact) mass is 212 g/mol. The second-order valence-corrected chi connectivity index (χ2v) is 4.30. The SMILES string of the molecule is C=CCC(N)C(=O)NC1(C)CCOC1C. The Morgan fingerprint density at radius 2 is 2.53 bits per heavy atom.